The van der Waals surface area contributed by atoms with E-state index in [0.29, 0.717) is 12.2 Å². The van der Waals surface area contributed by atoms with Gasteiger partial charge in [0.25, 0.3) is 0 Å². The van der Waals surface area contributed by atoms with Crippen molar-refractivity contribution in [1.82, 2.24) is 0 Å². The zero-order valence-electron chi connectivity index (χ0n) is 9.32. The Balaban J connectivity index is 2.47. The molecule has 0 amide bonds. The van der Waals surface area contributed by atoms with Crippen LogP contribution in [0.2, 0.25) is 0 Å². The predicted molar refractivity (Wildman–Crippen MR) is 57.4 cm³/mol. The van der Waals surface area contributed by atoms with E-state index in [0.717, 1.165) is 23.3 Å². The number of carbonyl (C=O) groups is 1. The van der Waals surface area contributed by atoms with Gasteiger partial charge >= 0.3 is 5.97 Å². The van der Waals surface area contributed by atoms with Crippen LogP contribution in [-0.2, 0) is 16.0 Å². The van der Waals surface area contributed by atoms with Gasteiger partial charge in [-0.1, -0.05) is 6.07 Å². The van der Waals surface area contributed by atoms with Gasteiger partial charge in [0.05, 0.1) is 13.7 Å². The molecule has 4 nitrogen and oxygen atoms in total. The van der Waals surface area contributed by atoms with E-state index in [2.05, 4.69) is 4.74 Å². The summed E-state index contributed by atoms with van der Waals surface area (Å²) in [4.78, 5) is 11.4. The lowest BCUT2D eigenvalue weighted by Gasteiger charge is -2.15. The summed E-state index contributed by atoms with van der Waals surface area (Å²) < 4.78 is 9.95. The van der Waals surface area contributed by atoms with Crippen molar-refractivity contribution in [2.45, 2.75) is 19.4 Å². The van der Waals surface area contributed by atoms with E-state index in [9.17, 15) is 9.90 Å². The molecule has 1 aromatic rings. The Hall–Kier alpha value is -1.55. The summed E-state index contributed by atoms with van der Waals surface area (Å²) in [5, 5.41) is 9.90. The van der Waals surface area contributed by atoms with Gasteiger partial charge < -0.3 is 14.6 Å². The fourth-order valence-electron chi connectivity index (χ4n) is 2.03. The van der Waals surface area contributed by atoms with Crippen molar-refractivity contribution in [1.29, 1.82) is 0 Å². The predicted octanol–water partition coefficient (Wildman–Crippen LogP) is 1.14. The maximum absolute atomic E-state index is 11.4. The molecular formula is C12H14O4. The van der Waals surface area contributed by atoms with E-state index in [4.69, 9.17) is 4.74 Å². The maximum atomic E-state index is 11.4. The molecule has 1 atom stereocenters. The van der Waals surface area contributed by atoms with Gasteiger partial charge in [0.15, 0.2) is 6.10 Å². The third kappa shape index (κ3) is 1.65. The minimum atomic E-state index is -1.22. The van der Waals surface area contributed by atoms with Gasteiger partial charge in [0.1, 0.15) is 5.75 Å². The second-order valence-corrected chi connectivity index (χ2v) is 3.80. The molecule has 0 spiro atoms. The van der Waals surface area contributed by atoms with E-state index in [1.165, 1.54) is 7.11 Å². The lowest BCUT2D eigenvalue weighted by molar-refractivity contribution is -0.150. The van der Waals surface area contributed by atoms with E-state index in [-0.39, 0.29) is 0 Å². The molecule has 16 heavy (non-hydrogen) atoms. The first-order valence-electron chi connectivity index (χ1n) is 5.16. The Kier molecular flexibility index (Phi) is 2.83. The Labute approximate surface area is 93.8 Å². The third-order valence-electron chi connectivity index (χ3n) is 2.84. The van der Waals surface area contributed by atoms with Gasteiger partial charge in [-0.2, -0.15) is 0 Å². The molecule has 1 N–H and O–H groups in total. The fourth-order valence-corrected chi connectivity index (χ4v) is 2.03. The normalized spacial score (nSPS) is 15.2. The van der Waals surface area contributed by atoms with E-state index < -0.39 is 12.1 Å². The Morgan fingerprint density at radius 2 is 2.31 bits per heavy atom. The number of esters is 1. The van der Waals surface area contributed by atoms with Crippen molar-refractivity contribution in [3.8, 4) is 5.75 Å². The highest BCUT2D eigenvalue weighted by Gasteiger charge is 2.27. The zero-order valence-corrected chi connectivity index (χ0v) is 9.32. The lowest BCUT2D eigenvalue weighted by atomic mass is 9.95. The third-order valence-corrected chi connectivity index (χ3v) is 2.84. The lowest BCUT2D eigenvalue weighted by Crippen LogP contribution is -2.16. The van der Waals surface area contributed by atoms with Gasteiger partial charge in [0.2, 0.25) is 0 Å². The number of ether oxygens (including phenoxy) is 2. The molecular weight excluding hydrogens is 208 g/mol. The first kappa shape index (κ1) is 11.0. The van der Waals surface area contributed by atoms with E-state index >= 15 is 0 Å². The highest BCUT2D eigenvalue weighted by Crippen LogP contribution is 2.34. The van der Waals surface area contributed by atoms with Crippen LogP contribution in [0.15, 0.2) is 12.1 Å². The van der Waals surface area contributed by atoms with Crippen molar-refractivity contribution < 1.29 is 19.4 Å². The van der Waals surface area contributed by atoms with Crippen LogP contribution in [-0.4, -0.2) is 24.8 Å². The van der Waals surface area contributed by atoms with Crippen LogP contribution >= 0.6 is 0 Å². The SMILES string of the molecule is COC(=O)C(O)c1c(C)ccc2c1CCO2. The molecule has 1 aliphatic rings. The number of aliphatic hydroxyl groups excluding tert-OH is 1. The first-order valence-corrected chi connectivity index (χ1v) is 5.16. The topological polar surface area (TPSA) is 55.8 Å². The number of hydrogen-bond donors (Lipinski definition) is 1. The molecule has 1 heterocycles. The zero-order chi connectivity index (χ0) is 11.7. The minimum Gasteiger partial charge on any atom is -0.493 e. The summed E-state index contributed by atoms with van der Waals surface area (Å²) in [5.41, 5.74) is 2.42. The minimum absolute atomic E-state index is 0.597. The summed E-state index contributed by atoms with van der Waals surface area (Å²) in [7, 11) is 1.26. The Bertz CT molecular complexity index is 425. The summed E-state index contributed by atoms with van der Waals surface area (Å²) in [5.74, 6) is 0.118. The second kappa shape index (κ2) is 4.14. The average Bonchev–Trinajstić information content (AvgIpc) is 2.75. The van der Waals surface area contributed by atoms with E-state index in [1.54, 1.807) is 0 Å². The monoisotopic (exact) mass is 222 g/mol. The molecule has 0 bridgehead atoms. The molecule has 0 saturated heterocycles. The molecule has 0 radical (unpaired) electrons. The van der Waals surface area contributed by atoms with Crippen molar-refractivity contribution in [2.24, 2.45) is 0 Å². The molecule has 0 fully saturated rings. The van der Waals surface area contributed by atoms with Crippen LogP contribution in [0.4, 0.5) is 0 Å². The van der Waals surface area contributed by atoms with Gasteiger partial charge in [-0.25, -0.2) is 4.79 Å². The molecule has 2 rings (SSSR count). The van der Waals surface area contributed by atoms with Gasteiger partial charge in [-0.05, 0) is 18.6 Å². The largest absolute Gasteiger partial charge is 0.493 e. The van der Waals surface area contributed by atoms with Gasteiger partial charge in [0, 0.05) is 17.5 Å². The molecule has 1 aromatic carbocycles. The fraction of sp³-hybridized carbons (Fsp3) is 0.417. The average molecular weight is 222 g/mol. The summed E-state index contributed by atoms with van der Waals surface area (Å²) >= 11 is 0. The molecule has 1 unspecified atom stereocenters. The number of benzene rings is 1. The number of hydrogen-bond acceptors (Lipinski definition) is 4. The Morgan fingerprint density at radius 1 is 1.56 bits per heavy atom. The summed E-state index contributed by atoms with van der Waals surface area (Å²) in [6, 6.07) is 3.71. The molecule has 1 aliphatic heterocycles. The molecule has 86 valence electrons. The van der Waals surface area contributed by atoms with Crippen LogP contribution in [0, 0.1) is 6.92 Å². The van der Waals surface area contributed by atoms with Crippen molar-refractivity contribution in [2.75, 3.05) is 13.7 Å². The highest BCUT2D eigenvalue weighted by molar-refractivity contribution is 5.77. The van der Waals surface area contributed by atoms with Crippen LogP contribution < -0.4 is 4.74 Å². The summed E-state index contributed by atoms with van der Waals surface area (Å²) in [6.07, 6.45) is -0.498. The smallest absolute Gasteiger partial charge is 0.339 e. The number of methoxy groups -OCH3 is 1. The quantitative estimate of drug-likeness (QED) is 0.762. The number of fused-ring (bicyclic) bond motifs is 1. The van der Waals surface area contributed by atoms with Gasteiger partial charge in [-0.3, -0.25) is 0 Å². The van der Waals surface area contributed by atoms with Crippen LogP contribution in [0.3, 0.4) is 0 Å². The molecule has 0 saturated carbocycles. The standard InChI is InChI=1S/C12H14O4/c1-7-3-4-9-8(5-6-16-9)10(7)11(13)12(14)15-2/h3-4,11,13H,5-6H2,1-2H3. The van der Waals surface area contributed by atoms with Crippen LogP contribution in [0.1, 0.15) is 22.8 Å². The highest BCUT2D eigenvalue weighted by atomic mass is 16.5. The van der Waals surface area contributed by atoms with Crippen LogP contribution in [0.25, 0.3) is 0 Å². The van der Waals surface area contributed by atoms with Crippen molar-refractivity contribution in [3.05, 3.63) is 28.8 Å². The molecule has 0 aromatic heterocycles. The number of carbonyl (C=O) groups excluding carboxylic acids is 1. The van der Waals surface area contributed by atoms with E-state index in [1.807, 2.05) is 19.1 Å². The number of aryl methyl sites for hydroxylation is 1. The Morgan fingerprint density at radius 3 is 3.00 bits per heavy atom. The number of rotatable bonds is 2. The van der Waals surface area contributed by atoms with Crippen molar-refractivity contribution in [3.63, 3.8) is 0 Å². The second-order valence-electron chi connectivity index (χ2n) is 3.80. The molecule has 0 aliphatic carbocycles. The van der Waals surface area contributed by atoms with Crippen LogP contribution in [0.5, 0.6) is 5.75 Å². The molecule has 4 heteroatoms. The maximum Gasteiger partial charge on any atom is 0.339 e. The first-order chi connectivity index (χ1) is 7.65. The number of aliphatic hydroxyl groups is 1. The van der Waals surface area contributed by atoms with Crippen molar-refractivity contribution >= 4 is 5.97 Å². The van der Waals surface area contributed by atoms with Gasteiger partial charge in [-0.15, -0.1) is 0 Å². The summed E-state index contributed by atoms with van der Waals surface area (Å²) in [6.45, 7) is 2.46.